The van der Waals surface area contributed by atoms with E-state index in [4.69, 9.17) is 5.73 Å². The van der Waals surface area contributed by atoms with Crippen molar-refractivity contribution in [1.82, 2.24) is 0 Å². The standard InChI is InChI=1S/C11H23NO2/c1-3-5-9(7-11(12)14)10(8-13)6-4-2/h9-10,13H,3-8H2,1-2H3,(H2,12,14). The molecule has 3 nitrogen and oxygen atoms in total. The van der Waals surface area contributed by atoms with Gasteiger partial charge in [0, 0.05) is 13.0 Å². The lowest BCUT2D eigenvalue weighted by molar-refractivity contribution is -0.119. The van der Waals surface area contributed by atoms with Gasteiger partial charge in [0.15, 0.2) is 0 Å². The smallest absolute Gasteiger partial charge is 0.217 e. The monoisotopic (exact) mass is 201 g/mol. The van der Waals surface area contributed by atoms with Gasteiger partial charge < -0.3 is 10.8 Å². The number of rotatable bonds is 8. The van der Waals surface area contributed by atoms with Crippen molar-refractivity contribution in [3.05, 3.63) is 0 Å². The fourth-order valence-electron chi connectivity index (χ4n) is 1.98. The van der Waals surface area contributed by atoms with Crippen LogP contribution in [0.5, 0.6) is 0 Å². The molecular formula is C11H23NO2. The average molecular weight is 201 g/mol. The van der Waals surface area contributed by atoms with Crippen LogP contribution in [0, 0.1) is 11.8 Å². The third-order valence-electron chi connectivity index (χ3n) is 2.68. The molecule has 0 aromatic rings. The number of carbonyl (C=O) groups is 1. The van der Waals surface area contributed by atoms with Crippen LogP contribution in [-0.2, 0) is 4.79 Å². The van der Waals surface area contributed by atoms with E-state index < -0.39 is 0 Å². The van der Waals surface area contributed by atoms with Crippen molar-refractivity contribution in [2.75, 3.05) is 6.61 Å². The maximum absolute atomic E-state index is 10.8. The Morgan fingerprint density at radius 1 is 1.21 bits per heavy atom. The van der Waals surface area contributed by atoms with Gasteiger partial charge in [0.1, 0.15) is 0 Å². The largest absolute Gasteiger partial charge is 0.396 e. The van der Waals surface area contributed by atoms with Crippen LogP contribution in [0.25, 0.3) is 0 Å². The normalized spacial score (nSPS) is 15.1. The summed E-state index contributed by atoms with van der Waals surface area (Å²) >= 11 is 0. The highest BCUT2D eigenvalue weighted by molar-refractivity contribution is 5.74. The number of aliphatic hydroxyl groups excluding tert-OH is 1. The Bertz CT molecular complexity index is 159. The molecule has 0 spiro atoms. The van der Waals surface area contributed by atoms with E-state index in [1.165, 1.54) is 0 Å². The third-order valence-corrected chi connectivity index (χ3v) is 2.68. The van der Waals surface area contributed by atoms with E-state index in [1.54, 1.807) is 0 Å². The van der Waals surface area contributed by atoms with Crippen molar-refractivity contribution in [2.45, 2.75) is 46.0 Å². The molecule has 0 aliphatic rings. The van der Waals surface area contributed by atoms with E-state index in [0.717, 1.165) is 25.7 Å². The molecule has 3 heteroatoms. The van der Waals surface area contributed by atoms with Gasteiger partial charge in [-0.1, -0.05) is 26.7 Å². The second kappa shape index (κ2) is 7.80. The van der Waals surface area contributed by atoms with Gasteiger partial charge in [0.25, 0.3) is 0 Å². The van der Waals surface area contributed by atoms with Crippen LogP contribution in [0.1, 0.15) is 46.0 Å². The van der Waals surface area contributed by atoms with Gasteiger partial charge in [0.2, 0.25) is 5.91 Å². The summed E-state index contributed by atoms with van der Waals surface area (Å²) in [5, 5.41) is 9.21. The first kappa shape index (κ1) is 13.4. The van der Waals surface area contributed by atoms with Crippen LogP contribution in [0.15, 0.2) is 0 Å². The molecule has 2 atom stereocenters. The first-order chi connectivity index (χ1) is 6.65. The Balaban J connectivity index is 4.18. The highest BCUT2D eigenvalue weighted by Gasteiger charge is 2.21. The van der Waals surface area contributed by atoms with Crippen molar-refractivity contribution >= 4 is 5.91 Å². The number of hydrogen-bond acceptors (Lipinski definition) is 2. The molecule has 0 aromatic carbocycles. The van der Waals surface area contributed by atoms with Crippen LogP contribution in [0.4, 0.5) is 0 Å². The highest BCUT2D eigenvalue weighted by Crippen LogP contribution is 2.24. The Kier molecular flexibility index (Phi) is 7.48. The van der Waals surface area contributed by atoms with E-state index in [1.807, 2.05) is 0 Å². The lowest BCUT2D eigenvalue weighted by Gasteiger charge is -2.23. The van der Waals surface area contributed by atoms with Gasteiger partial charge in [-0.25, -0.2) is 0 Å². The minimum atomic E-state index is -0.252. The molecule has 0 heterocycles. The van der Waals surface area contributed by atoms with E-state index >= 15 is 0 Å². The van der Waals surface area contributed by atoms with Crippen LogP contribution >= 0.6 is 0 Å². The van der Waals surface area contributed by atoms with Crippen molar-refractivity contribution in [2.24, 2.45) is 17.6 Å². The molecule has 0 saturated carbocycles. The van der Waals surface area contributed by atoms with Crippen molar-refractivity contribution in [3.63, 3.8) is 0 Å². The molecule has 0 aliphatic heterocycles. The Hall–Kier alpha value is -0.570. The first-order valence-electron chi connectivity index (χ1n) is 5.54. The fourth-order valence-corrected chi connectivity index (χ4v) is 1.98. The van der Waals surface area contributed by atoms with Crippen molar-refractivity contribution in [1.29, 1.82) is 0 Å². The second-order valence-corrected chi connectivity index (χ2v) is 3.95. The highest BCUT2D eigenvalue weighted by atomic mass is 16.3. The predicted octanol–water partition coefficient (Wildman–Crippen LogP) is 1.69. The summed E-state index contributed by atoms with van der Waals surface area (Å²) in [4.78, 5) is 10.8. The maximum Gasteiger partial charge on any atom is 0.217 e. The summed E-state index contributed by atoms with van der Waals surface area (Å²) in [6.07, 6.45) is 4.46. The molecular weight excluding hydrogens is 178 g/mol. The molecule has 14 heavy (non-hydrogen) atoms. The Morgan fingerprint density at radius 2 is 1.71 bits per heavy atom. The summed E-state index contributed by atoms with van der Waals surface area (Å²) in [5.74, 6) is 0.257. The Morgan fingerprint density at radius 3 is 2.07 bits per heavy atom. The van der Waals surface area contributed by atoms with Gasteiger partial charge in [-0.05, 0) is 24.7 Å². The quantitative estimate of drug-likeness (QED) is 0.627. The van der Waals surface area contributed by atoms with E-state index in [0.29, 0.717) is 6.42 Å². The molecule has 0 aromatic heterocycles. The lowest BCUT2D eigenvalue weighted by Crippen LogP contribution is -2.24. The molecule has 0 fully saturated rings. The molecule has 0 radical (unpaired) electrons. The zero-order chi connectivity index (χ0) is 11.0. The number of primary amides is 1. The summed E-state index contributed by atoms with van der Waals surface area (Å²) in [6, 6.07) is 0. The third kappa shape index (κ3) is 5.22. The maximum atomic E-state index is 10.8. The van der Waals surface area contributed by atoms with Crippen molar-refractivity contribution in [3.8, 4) is 0 Å². The van der Waals surface area contributed by atoms with Gasteiger partial charge in [-0.15, -0.1) is 0 Å². The number of amides is 1. The zero-order valence-electron chi connectivity index (χ0n) is 9.33. The van der Waals surface area contributed by atoms with Gasteiger partial charge in [-0.2, -0.15) is 0 Å². The number of nitrogens with two attached hydrogens (primary N) is 1. The van der Waals surface area contributed by atoms with Crippen LogP contribution < -0.4 is 5.73 Å². The topological polar surface area (TPSA) is 63.3 Å². The molecule has 3 N–H and O–H groups in total. The van der Waals surface area contributed by atoms with Crippen LogP contribution in [-0.4, -0.2) is 17.6 Å². The van der Waals surface area contributed by atoms with E-state index in [2.05, 4.69) is 13.8 Å². The second-order valence-electron chi connectivity index (χ2n) is 3.95. The van der Waals surface area contributed by atoms with E-state index in [9.17, 15) is 9.90 Å². The minimum Gasteiger partial charge on any atom is -0.396 e. The molecule has 0 rings (SSSR count). The minimum absolute atomic E-state index is 0.172. The summed E-state index contributed by atoms with van der Waals surface area (Å²) in [6.45, 7) is 4.36. The van der Waals surface area contributed by atoms with Crippen molar-refractivity contribution < 1.29 is 9.90 Å². The van der Waals surface area contributed by atoms with Crippen LogP contribution in [0.2, 0.25) is 0 Å². The Labute approximate surface area is 86.7 Å². The average Bonchev–Trinajstić information content (AvgIpc) is 2.13. The summed E-state index contributed by atoms with van der Waals surface area (Å²) in [5.41, 5.74) is 5.19. The summed E-state index contributed by atoms with van der Waals surface area (Å²) < 4.78 is 0. The fraction of sp³-hybridized carbons (Fsp3) is 0.909. The van der Waals surface area contributed by atoms with Gasteiger partial charge in [0.05, 0.1) is 0 Å². The molecule has 0 saturated heterocycles. The SMILES string of the molecule is CCCC(CO)C(CCC)CC(N)=O. The lowest BCUT2D eigenvalue weighted by atomic mass is 9.83. The molecule has 84 valence electrons. The first-order valence-corrected chi connectivity index (χ1v) is 5.54. The molecule has 2 unspecified atom stereocenters. The van der Waals surface area contributed by atoms with Gasteiger partial charge in [-0.3, -0.25) is 4.79 Å². The molecule has 0 aliphatic carbocycles. The molecule has 0 bridgehead atoms. The van der Waals surface area contributed by atoms with E-state index in [-0.39, 0.29) is 24.3 Å². The number of carbonyl (C=O) groups excluding carboxylic acids is 1. The number of hydrogen-bond donors (Lipinski definition) is 2. The van der Waals surface area contributed by atoms with Crippen LogP contribution in [0.3, 0.4) is 0 Å². The predicted molar refractivity (Wildman–Crippen MR) is 57.7 cm³/mol. The number of aliphatic hydroxyl groups is 1. The zero-order valence-corrected chi connectivity index (χ0v) is 9.33. The summed E-state index contributed by atoms with van der Waals surface area (Å²) in [7, 11) is 0. The van der Waals surface area contributed by atoms with Gasteiger partial charge >= 0.3 is 0 Å². The molecule has 1 amide bonds.